The zero-order valence-electron chi connectivity index (χ0n) is 9.60. The molecule has 1 heterocycles. The van der Waals surface area contributed by atoms with E-state index in [-0.39, 0.29) is 0 Å². The minimum absolute atomic E-state index is 0.393. The first-order valence-corrected chi connectivity index (χ1v) is 6.48. The highest BCUT2D eigenvalue weighted by Gasteiger charge is 2.48. The van der Waals surface area contributed by atoms with Crippen molar-refractivity contribution < 1.29 is 25.8 Å². The van der Waals surface area contributed by atoms with Gasteiger partial charge in [0, 0.05) is 11.6 Å². The predicted molar refractivity (Wildman–Crippen MR) is 62.1 cm³/mol. The highest BCUT2D eigenvalue weighted by atomic mass is 32.2. The van der Waals surface area contributed by atoms with Crippen LogP contribution in [0.25, 0.3) is 10.9 Å². The number of aromatic nitrogens is 1. The van der Waals surface area contributed by atoms with Gasteiger partial charge in [0.1, 0.15) is 5.75 Å². The van der Waals surface area contributed by atoms with Gasteiger partial charge in [0.05, 0.1) is 5.52 Å². The molecule has 4 nitrogen and oxygen atoms in total. The van der Waals surface area contributed by atoms with Crippen molar-refractivity contribution in [3.63, 3.8) is 0 Å². The van der Waals surface area contributed by atoms with Crippen LogP contribution in [0, 0.1) is 6.92 Å². The van der Waals surface area contributed by atoms with Gasteiger partial charge in [0.25, 0.3) is 0 Å². The molecule has 0 bridgehead atoms. The van der Waals surface area contributed by atoms with E-state index in [4.69, 9.17) is 0 Å². The average molecular weight is 291 g/mol. The third kappa shape index (κ3) is 2.62. The normalized spacial score (nSPS) is 12.6. The van der Waals surface area contributed by atoms with E-state index in [0.717, 1.165) is 0 Å². The molecule has 0 atom stereocenters. The summed E-state index contributed by atoms with van der Waals surface area (Å²) in [7, 11) is -5.66. The largest absolute Gasteiger partial charge is 0.534 e. The topological polar surface area (TPSA) is 56.3 Å². The van der Waals surface area contributed by atoms with Gasteiger partial charge in [0.15, 0.2) is 0 Å². The number of halogens is 3. The maximum absolute atomic E-state index is 12.2. The fourth-order valence-electron chi connectivity index (χ4n) is 1.56. The minimum atomic E-state index is -5.66. The van der Waals surface area contributed by atoms with Crippen LogP contribution in [0.2, 0.25) is 0 Å². The molecular weight excluding hydrogens is 283 g/mol. The Hall–Kier alpha value is -1.83. The van der Waals surface area contributed by atoms with E-state index in [1.165, 1.54) is 18.3 Å². The lowest BCUT2D eigenvalue weighted by Crippen LogP contribution is -2.28. The molecule has 2 aromatic rings. The molecule has 0 spiro atoms. The monoisotopic (exact) mass is 291 g/mol. The number of benzene rings is 1. The van der Waals surface area contributed by atoms with Crippen LogP contribution in [0.5, 0.6) is 5.75 Å². The molecule has 0 N–H and O–H groups in total. The lowest BCUT2D eigenvalue weighted by molar-refractivity contribution is -0.0500. The molecule has 1 aromatic carbocycles. The summed E-state index contributed by atoms with van der Waals surface area (Å²) in [6.07, 6.45) is 1.53. The van der Waals surface area contributed by atoms with E-state index in [1.807, 2.05) is 0 Å². The first-order chi connectivity index (χ1) is 8.71. The molecule has 0 aliphatic heterocycles. The second kappa shape index (κ2) is 4.37. The maximum Gasteiger partial charge on any atom is 0.534 e. The third-order valence-corrected chi connectivity index (χ3v) is 3.34. The standard InChI is InChI=1S/C11H8F3NO3S/c1-7-5-9(18-19(16,17)11(12,13)14)6-8-3-2-4-15-10(7)8/h2-6H,1H3. The lowest BCUT2D eigenvalue weighted by Gasteiger charge is -2.10. The predicted octanol–water partition coefficient (Wildman–Crippen LogP) is 2.77. The van der Waals surface area contributed by atoms with Gasteiger partial charge in [-0.2, -0.15) is 21.6 Å². The molecule has 0 aliphatic carbocycles. The van der Waals surface area contributed by atoms with Crippen molar-refractivity contribution in [3.05, 3.63) is 36.0 Å². The minimum Gasteiger partial charge on any atom is -0.376 e. The molecule has 0 fully saturated rings. The molecule has 0 aliphatic rings. The van der Waals surface area contributed by atoms with Crippen molar-refractivity contribution in [2.45, 2.75) is 12.4 Å². The molecule has 8 heteroatoms. The smallest absolute Gasteiger partial charge is 0.376 e. The van der Waals surface area contributed by atoms with Gasteiger partial charge < -0.3 is 4.18 Å². The Morgan fingerprint density at radius 2 is 1.95 bits per heavy atom. The molecular formula is C11H8F3NO3S. The van der Waals surface area contributed by atoms with Crippen LogP contribution in [0.15, 0.2) is 30.5 Å². The molecule has 0 unspecified atom stereocenters. The highest BCUT2D eigenvalue weighted by Crippen LogP contribution is 2.29. The van der Waals surface area contributed by atoms with Crippen LogP contribution in [0.4, 0.5) is 13.2 Å². The summed E-state index contributed by atoms with van der Waals surface area (Å²) in [5, 5.41) is 0.495. The third-order valence-electron chi connectivity index (χ3n) is 2.36. The number of rotatable bonds is 2. The van der Waals surface area contributed by atoms with E-state index in [2.05, 4.69) is 9.17 Å². The van der Waals surface area contributed by atoms with Gasteiger partial charge in [-0.1, -0.05) is 6.07 Å². The van der Waals surface area contributed by atoms with Crippen molar-refractivity contribution >= 4 is 21.0 Å². The van der Waals surface area contributed by atoms with E-state index < -0.39 is 21.4 Å². The van der Waals surface area contributed by atoms with E-state index in [9.17, 15) is 21.6 Å². The zero-order valence-corrected chi connectivity index (χ0v) is 10.4. The first kappa shape index (κ1) is 13.6. The Balaban J connectivity index is 2.48. The van der Waals surface area contributed by atoms with Gasteiger partial charge in [-0.25, -0.2) is 0 Å². The summed E-state index contributed by atoms with van der Waals surface area (Å²) in [6.45, 7) is 1.60. The summed E-state index contributed by atoms with van der Waals surface area (Å²) in [5.41, 5.74) is -4.37. The van der Waals surface area contributed by atoms with Gasteiger partial charge in [-0.15, -0.1) is 0 Å². The summed E-state index contributed by atoms with van der Waals surface area (Å²) < 4.78 is 62.5. The van der Waals surface area contributed by atoms with Crippen molar-refractivity contribution in [3.8, 4) is 5.75 Å². The molecule has 0 radical (unpaired) electrons. The zero-order chi connectivity index (χ0) is 14.3. The van der Waals surface area contributed by atoms with Gasteiger partial charge in [-0.05, 0) is 30.7 Å². The van der Waals surface area contributed by atoms with Crippen molar-refractivity contribution in [1.82, 2.24) is 4.98 Å². The second-order valence-corrected chi connectivity index (χ2v) is 5.34. The van der Waals surface area contributed by atoms with Crippen molar-refractivity contribution in [1.29, 1.82) is 0 Å². The molecule has 0 saturated carbocycles. The van der Waals surface area contributed by atoms with Crippen LogP contribution in [0.3, 0.4) is 0 Å². The Labute approximate surface area is 107 Å². The Kier molecular flexibility index (Phi) is 3.13. The quantitative estimate of drug-likeness (QED) is 0.630. The Morgan fingerprint density at radius 3 is 2.58 bits per heavy atom. The van der Waals surface area contributed by atoms with E-state index in [0.29, 0.717) is 16.5 Å². The molecule has 102 valence electrons. The number of pyridine rings is 1. The molecule has 2 rings (SSSR count). The van der Waals surface area contributed by atoms with Crippen LogP contribution >= 0.6 is 0 Å². The summed E-state index contributed by atoms with van der Waals surface area (Å²) >= 11 is 0. The molecule has 1 aromatic heterocycles. The average Bonchev–Trinajstić information content (AvgIpc) is 2.27. The molecule has 19 heavy (non-hydrogen) atoms. The van der Waals surface area contributed by atoms with Crippen LogP contribution in [-0.4, -0.2) is 18.9 Å². The van der Waals surface area contributed by atoms with Crippen molar-refractivity contribution in [2.24, 2.45) is 0 Å². The van der Waals surface area contributed by atoms with Crippen LogP contribution in [0.1, 0.15) is 5.56 Å². The van der Waals surface area contributed by atoms with Crippen LogP contribution < -0.4 is 4.18 Å². The number of hydrogen-bond acceptors (Lipinski definition) is 4. The lowest BCUT2D eigenvalue weighted by atomic mass is 10.1. The molecule has 0 amide bonds. The Morgan fingerprint density at radius 1 is 1.26 bits per heavy atom. The number of fused-ring (bicyclic) bond motifs is 1. The first-order valence-electron chi connectivity index (χ1n) is 5.07. The Bertz CT molecular complexity index is 726. The number of aryl methyl sites for hydroxylation is 1. The SMILES string of the molecule is Cc1cc(OS(=O)(=O)C(F)(F)F)cc2cccnc12. The van der Waals surface area contributed by atoms with Gasteiger partial charge in [-0.3, -0.25) is 4.98 Å². The van der Waals surface area contributed by atoms with Gasteiger partial charge in [0.2, 0.25) is 0 Å². The van der Waals surface area contributed by atoms with Gasteiger partial charge >= 0.3 is 15.6 Å². The highest BCUT2D eigenvalue weighted by molar-refractivity contribution is 7.88. The van der Waals surface area contributed by atoms with E-state index in [1.54, 1.807) is 19.1 Å². The second-order valence-electron chi connectivity index (χ2n) is 3.80. The fourth-order valence-corrected chi connectivity index (χ4v) is 2.01. The van der Waals surface area contributed by atoms with Crippen molar-refractivity contribution in [2.75, 3.05) is 0 Å². The summed E-state index contributed by atoms with van der Waals surface area (Å²) in [4.78, 5) is 4.04. The number of hydrogen-bond donors (Lipinski definition) is 0. The summed E-state index contributed by atoms with van der Waals surface area (Å²) in [6, 6.07) is 5.57. The molecule has 0 saturated heterocycles. The number of alkyl halides is 3. The maximum atomic E-state index is 12.2. The summed E-state index contributed by atoms with van der Waals surface area (Å²) in [5.74, 6) is -0.393. The number of nitrogens with zero attached hydrogens (tertiary/aromatic N) is 1. The van der Waals surface area contributed by atoms with E-state index >= 15 is 0 Å². The fraction of sp³-hybridized carbons (Fsp3) is 0.182. The van der Waals surface area contributed by atoms with Crippen LogP contribution in [-0.2, 0) is 10.1 Å².